The molecule has 0 spiro atoms. The second-order valence-corrected chi connectivity index (χ2v) is 6.88. The van der Waals surface area contributed by atoms with Gasteiger partial charge in [-0.2, -0.15) is 0 Å². The van der Waals surface area contributed by atoms with Gasteiger partial charge in [-0.05, 0) is 51.2 Å². The summed E-state index contributed by atoms with van der Waals surface area (Å²) in [6.45, 7) is 6.42. The summed E-state index contributed by atoms with van der Waals surface area (Å²) >= 11 is 0. The number of para-hydroxylation sites is 1. The molecule has 0 fully saturated rings. The molecule has 0 aliphatic carbocycles. The van der Waals surface area contributed by atoms with E-state index in [0.29, 0.717) is 6.42 Å². The first-order valence-corrected chi connectivity index (χ1v) is 8.73. The Morgan fingerprint density at radius 3 is 2.68 bits per heavy atom. The van der Waals surface area contributed by atoms with Crippen LogP contribution in [-0.4, -0.2) is 22.1 Å². The predicted molar refractivity (Wildman–Crippen MR) is 104 cm³/mol. The molecule has 0 radical (unpaired) electrons. The van der Waals surface area contributed by atoms with Gasteiger partial charge >= 0.3 is 5.97 Å². The second kappa shape index (κ2) is 8.67. The first-order valence-electron chi connectivity index (χ1n) is 8.73. The summed E-state index contributed by atoms with van der Waals surface area (Å²) in [5, 5.41) is 10.1. The molecule has 0 bridgehead atoms. The molecule has 4 nitrogen and oxygen atoms in total. The highest BCUT2D eigenvalue weighted by Gasteiger charge is 2.15. The Hall–Kier alpha value is -2.33. The van der Waals surface area contributed by atoms with Crippen molar-refractivity contribution in [2.24, 2.45) is 5.73 Å². The van der Waals surface area contributed by atoms with Crippen molar-refractivity contribution in [3.8, 4) is 0 Å². The smallest absolute Gasteiger partial charge is 0.320 e. The van der Waals surface area contributed by atoms with Gasteiger partial charge < -0.3 is 15.8 Å². The Labute approximate surface area is 149 Å². The number of fused-ring (bicyclic) bond motifs is 1. The third kappa shape index (κ3) is 5.33. The molecule has 134 valence electrons. The molecule has 4 N–H and O–H groups in total. The molecule has 25 heavy (non-hydrogen) atoms. The van der Waals surface area contributed by atoms with Gasteiger partial charge in [-0.15, -0.1) is 0 Å². The summed E-state index contributed by atoms with van der Waals surface area (Å²) in [6, 6.07) is 5.28. The molecule has 0 saturated carbocycles. The lowest BCUT2D eigenvalue weighted by Gasteiger charge is -2.06. The van der Waals surface area contributed by atoms with E-state index in [4.69, 9.17) is 10.8 Å². The molecule has 0 saturated heterocycles. The van der Waals surface area contributed by atoms with Crippen molar-refractivity contribution in [3.05, 3.63) is 58.8 Å². The van der Waals surface area contributed by atoms with Gasteiger partial charge in [0.1, 0.15) is 6.04 Å². The van der Waals surface area contributed by atoms with Crippen molar-refractivity contribution < 1.29 is 9.90 Å². The number of nitrogens with two attached hydrogens (primary N) is 1. The summed E-state index contributed by atoms with van der Waals surface area (Å²) in [6.07, 6.45) is 9.76. The number of carbonyl (C=O) groups is 1. The van der Waals surface area contributed by atoms with Crippen molar-refractivity contribution in [2.45, 2.75) is 52.5 Å². The summed E-state index contributed by atoms with van der Waals surface area (Å²) in [5.41, 5.74) is 11.7. The highest BCUT2D eigenvalue weighted by atomic mass is 16.4. The Balaban J connectivity index is 2.13. The SMILES string of the molecule is CC(C)=CCC/C(C)=C/Cc1cccc2c(C[C@H](N)C(=O)O)c[nH]c12. The van der Waals surface area contributed by atoms with Crippen LogP contribution in [0, 0.1) is 0 Å². The van der Waals surface area contributed by atoms with Crippen molar-refractivity contribution in [1.29, 1.82) is 0 Å². The van der Waals surface area contributed by atoms with Gasteiger partial charge in [-0.3, -0.25) is 4.79 Å². The van der Waals surface area contributed by atoms with E-state index in [9.17, 15) is 4.79 Å². The van der Waals surface area contributed by atoms with E-state index in [2.05, 4.69) is 44.0 Å². The zero-order valence-corrected chi connectivity index (χ0v) is 15.3. The quantitative estimate of drug-likeness (QED) is 0.625. The number of hydrogen-bond acceptors (Lipinski definition) is 2. The fraction of sp³-hybridized carbons (Fsp3) is 0.381. The molecule has 1 aromatic carbocycles. The van der Waals surface area contributed by atoms with E-state index in [1.807, 2.05) is 18.3 Å². The summed E-state index contributed by atoms with van der Waals surface area (Å²) < 4.78 is 0. The maximum Gasteiger partial charge on any atom is 0.320 e. The highest BCUT2D eigenvalue weighted by Crippen LogP contribution is 2.24. The van der Waals surface area contributed by atoms with Crippen molar-refractivity contribution >= 4 is 16.9 Å². The Morgan fingerprint density at radius 1 is 1.24 bits per heavy atom. The van der Waals surface area contributed by atoms with Crippen LogP contribution in [0.3, 0.4) is 0 Å². The Kier molecular flexibility index (Phi) is 6.59. The van der Waals surface area contributed by atoms with Crippen LogP contribution in [0.4, 0.5) is 0 Å². The largest absolute Gasteiger partial charge is 0.480 e. The van der Waals surface area contributed by atoms with Crippen LogP contribution in [0.15, 0.2) is 47.7 Å². The number of hydrogen-bond donors (Lipinski definition) is 3. The molecule has 4 heteroatoms. The molecule has 1 aromatic heterocycles. The van der Waals surface area contributed by atoms with Crippen LogP contribution in [-0.2, 0) is 17.6 Å². The first kappa shape index (κ1) is 19.0. The molecule has 2 aromatic rings. The highest BCUT2D eigenvalue weighted by molar-refractivity contribution is 5.87. The predicted octanol–water partition coefficient (Wildman–Crippen LogP) is 4.36. The third-order valence-corrected chi connectivity index (χ3v) is 4.41. The standard InChI is InChI=1S/C21H28N2O2/c1-14(2)6-4-7-15(3)10-11-16-8-5-9-18-17(13-23-20(16)18)12-19(22)21(24)25/h5-6,8-10,13,19,23H,4,7,11-12,22H2,1-3H3,(H,24,25)/b15-10+/t19-/m0/s1. The molecule has 1 atom stereocenters. The molecule has 0 aliphatic heterocycles. The minimum Gasteiger partial charge on any atom is -0.480 e. The number of benzene rings is 1. The Morgan fingerprint density at radius 2 is 2.00 bits per heavy atom. The lowest BCUT2D eigenvalue weighted by atomic mass is 10.0. The Bertz CT molecular complexity index is 795. The average molecular weight is 340 g/mol. The van der Waals surface area contributed by atoms with E-state index in [1.165, 1.54) is 16.7 Å². The number of allylic oxidation sites excluding steroid dienone is 4. The number of aromatic nitrogens is 1. The fourth-order valence-corrected chi connectivity index (χ4v) is 2.91. The van der Waals surface area contributed by atoms with Gasteiger partial charge in [0.2, 0.25) is 0 Å². The monoisotopic (exact) mass is 340 g/mol. The van der Waals surface area contributed by atoms with Gasteiger partial charge in [0, 0.05) is 23.5 Å². The normalized spacial score (nSPS) is 13.0. The van der Waals surface area contributed by atoms with E-state index in [1.54, 1.807) is 0 Å². The molecule has 2 rings (SSSR count). The number of aliphatic carboxylic acids is 1. The van der Waals surface area contributed by atoms with Crippen LogP contribution in [0.2, 0.25) is 0 Å². The van der Waals surface area contributed by atoms with Crippen molar-refractivity contribution in [2.75, 3.05) is 0 Å². The molecular formula is C21H28N2O2. The van der Waals surface area contributed by atoms with Crippen molar-refractivity contribution in [1.82, 2.24) is 4.98 Å². The van der Waals surface area contributed by atoms with Crippen LogP contribution >= 0.6 is 0 Å². The first-order chi connectivity index (χ1) is 11.9. The molecule has 0 unspecified atom stereocenters. The lowest BCUT2D eigenvalue weighted by molar-refractivity contribution is -0.138. The second-order valence-electron chi connectivity index (χ2n) is 6.88. The third-order valence-electron chi connectivity index (χ3n) is 4.41. The number of rotatable bonds is 8. The topological polar surface area (TPSA) is 79.1 Å². The minimum absolute atomic E-state index is 0.330. The maximum absolute atomic E-state index is 11.0. The van der Waals surface area contributed by atoms with Gasteiger partial charge in [-0.25, -0.2) is 0 Å². The molecule has 1 heterocycles. The van der Waals surface area contributed by atoms with Crippen LogP contribution in [0.25, 0.3) is 10.9 Å². The van der Waals surface area contributed by atoms with Gasteiger partial charge in [0.05, 0.1) is 0 Å². The summed E-state index contributed by atoms with van der Waals surface area (Å²) in [7, 11) is 0. The minimum atomic E-state index is -0.972. The fourth-order valence-electron chi connectivity index (χ4n) is 2.91. The zero-order valence-electron chi connectivity index (χ0n) is 15.3. The zero-order chi connectivity index (χ0) is 18.4. The molecule has 0 amide bonds. The summed E-state index contributed by atoms with van der Waals surface area (Å²) in [5.74, 6) is -0.972. The number of carboxylic acid groups (broad SMARTS) is 1. The maximum atomic E-state index is 11.0. The van der Waals surface area contributed by atoms with E-state index >= 15 is 0 Å². The summed E-state index contributed by atoms with van der Waals surface area (Å²) in [4.78, 5) is 14.3. The van der Waals surface area contributed by atoms with E-state index < -0.39 is 12.0 Å². The average Bonchev–Trinajstić information content (AvgIpc) is 2.96. The van der Waals surface area contributed by atoms with Crippen LogP contribution in [0.5, 0.6) is 0 Å². The van der Waals surface area contributed by atoms with Crippen molar-refractivity contribution in [3.63, 3.8) is 0 Å². The van der Waals surface area contributed by atoms with Gasteiger partial charge in [0.15, 0.2) is 0 Å². The molecular weight excluding hydrogens is 312 g/mol. The number of carboxylic acids is 1. The van der Waals surface area contributed by atoms with Crippen LogP contribution < -0.4 is 5.73 Å². The van der Waals surface area contributed by atoms with Gasteiger partial charge in [0.25, 0.3) is 0 Å². The number of aromatic amines is 1. The van der Waals surface area contributed by atoms with E-state index in [-0.39, 0.29) is 0 Å². The molecule has 0 aliphatic rings. The van der Waals surface area contributed by atoms with Crippen LogP contribution in [0.1, 0.15) is 44.7 Å². The lowest BCUT2D eigenvalue weighted by Crippen LogP contribution is -2.32. The number of H-pyrrole nitrogens is 1. The van der Waals surface area contributed by atoms with E-state index in [0.717, 1.165) is 35.7 Å². The number of nitrogens with one attached hydrogen (secondary N) is 1. The van der Waals surface area contributed by atoms with Gasteiger partial charge in [-0.1, -0.05) is 41.5 Å².